The zero-order valence-corrected chi connectivity index (χ0v) is 12.2. The highest BCUT2D eigenvalue weighted by atomic mass is 19.4. The number of halogens is 3. The highest BCUT2D eigenvalue weighted by molar-refractivity contribution is 5.29. The summed E-state index contributed by atoms with van der Waals surface area (Å²) in [4.78, 5) is 1.94. The number of alkyl halides is 3. The number of hydrogen-bond acceptors (Lipinski definition) is 1. The molecule has 1 aromatic carbocycles. The molecule has 0 spiro atoms. The van der Waals surface area contributed by atoms with Crippen molar-refractivity contribution in [2.75, 3.05) is 14.1 Å². The maximum absolute atomic E-state index is 13.3. The van der Waals surface area contributed by atoms with Crippen LogP contribution < -0.4 is 0 Å². The van der Waals surface area contributed by atoms with Crippen molar-refractivity contribution in [1.29, 1.82) is 0 Å². The molecule has 1 unspecified atom stereocenters. The standard InChI is InChI=1S/C15H22F3N/c1-14(2,3)13(15(16,17)18)12-8-6-7-11(9-12)10-19(4)5/h6-9,13H,10H2,1-5H3. The van der Waals surface area contributed by atoms with Crippen LogP contribution in [0.15, 0.2) is 24.3 Å². The summed E-state index contributed by atoms with van der Waals surface area (Å²) >= 11 is 0. The van der Waals surface area contributed by atoms with E-state index in [9.17, 15) is 13.2 Å². The minimum absolute atomic E-state index is 0.347. The van der Waals surface area contributed by atoms with E-state index >= 15 is 0 Å². The Balaban J connectivity index is 3.17. The highest BCUT2D eigenvalue weighted by Gasteiger charge is 2.47. The van der Waals surface area contributed by atoms with E-state index in [0.717, 1.165) is 5.56 Å². The summed E-state index contributed by atoms with van der Waals surface area (Å²) in [6.07, 6.45) is -4.23. The molecular formula is C15H22F3N. The molecule has 0 aliphatic heterocycles. The first-order chi connectivity index (χ1) is 8.51. The Hall–Kier alpha value is -1.03. The summed E-state index contributed by atoms with van der Waals surface area (Å²) in [6, 6.07) is 6.81. The number of benzene rings is 1. The first-order valence-electron chi connectivity index (χ1n) is 6.32. The quantitative estimate of drug-likeness (QED) is 0.787. The van der Waals surface area contributed by atoms with Gasteiger partial charge in [-0.1, -0.05) is 45.0 Å². The zero-order valence-electron chi connectivity index (χ0n) is 12.2. The molecule has 19 heavy (non-hydrogen) atoms. The third-order valence-electron chi connectivity index (χ3n) is 2.98. The molecule has 0 amide bonds. The van der Waals surface area contributed by atoms with Crippen LogP contribution in [-0.2, 0) is 6.54 Å². The van der Waals surface area contributed by atoms with Gasteiger partial charge in [-0.25, -0.2) is 0 Å². The molecular weight excluding hydrogens is 251 g/mol. The van der Waals surface area contributed by atoms with Crippen LogP contribution >= 0.6 is 0 Å². The summed E-state index contributed by atoms with van der Waals surface area (Å²) in [5.74, 6) is -1.44. The van der Waals surface area contributed by atoms with Crippen LogP contribution in [0.4, 0.5) is 13.2 Å². The fourth-order valence-electron chi connectivity index (χ4n) is 2.42. The topological polar surface area (TPSA) is 3.24 Å². The lowest BCUT2D eigenvalue weighted by Crippen LogP contribution is -2.32. The van der Waals surface area contributed by atoms with Gasteiger partial charge >= 0.3 is 6.18 Å². The van der Waals surface area contributed by atoms with Crippen LogP contribution in [-0.4, -0.2) is 25.2 Å². The monoisotopic (exact) mass is 273 g/mol. The summed E-state index contributed by atoms with van der Waals surface area (Å²) < 4.78 is 39.9. The Kier molecular flexibility index (Phi) is 4.67. The van der Waals surface area contributed by atoms with Gasteiger partial charge in [-0.15, -0.1) is 0 Å². The lowest BCUT2D eigenvalue weighted by molar-refractivity contribution is -0.171. The average molecular weight is 273 g/mol. The molecule has 0 N–H and O–H groups in total. The molecule has 0 fully saturated rings. The molecule has 0 bridgehead atoms. The van der Waals surface area contributed by atoms with Crippen molar-refractivity contribution >= 4 is 0 Å². The van der Waals surface area contributed by atoms with Crippen molar-refractivity contribution in [1.82, 2.24) is 4.90 Å². The van der Waals surface area contributed by atoms with Gasteiger partial charge in [0.05, 0.1) is 5.92 Å². The van der Waals surface area contributed by atoms with Crippen LogP contribution in [0.3, 0.4) is 0 Å². The lowest BCUT2D eigenvalue weighted by Gasteiger charge is -2.33. The van der Waals surface area contributed by atoms with Gasteiger partial charge in [-0.3, -0.25) is 0 Å². The average Bonchev–Trinajstić information content (AvgIpc) is 2.11. The molecule has 108 valence electrons. The summed E-state index contributed by atoms with van der Waals surface area (Å²) in [5.41, 5.74) is 0.398. The Morgan fingerprint density at radius 1 is 1.11 bits per heavy atom. The van der Waals surface area contributed by atoms with Crippen LogP contribution in [0.1, 0.15) is 37.8 Å². The fourth-order valence-corrected chi connectivity index (χ4v) is 2.42. The zero-order chi connectivity index (χ0) is 14.8. The second-order valence-corrected chi connectivity index (χ2v) is 6.32. The maximum Gasteiger partial charge on any atom is 0.396 e. The molecule has 0 aliphatic carbocycles. The predicted octanol–water partition coefficient (Wildman–Crippen LogP) is 4.44. The second kappa shape index (κ2) is 5.53. The second-order valence-electron chi connectivity index (χ2n) is 6.32. The molecule has 0 radical (unpaired) electrons. The Morgan fingerprint density at radius 2 is 1.68 bits per heavy atom. The van der Waals surface area contributed by atoms with Crippen LogP contribution in [0.2, 0.25) is 0 Å². The molecule has 0 saturated carbocycles. The largest absolute Gasteiger partial charge is 0.396 e. The lowest BCUT2D eigenvalue weighted by atomic mass is 9.75. The van der Waals surface area contributed by atoms with Gasteiger partial charge in [-0.2, -0.15) is 13.2 Å². The van der Waals surface area contributed by atoms with Crippen molar-refractivity contribution in [3.05, 3.63) is 35.4 Å². The molecule has 0 aromatic heterocycles. The summed E-state index contributed by atoms with van der Waals surface area (Å²) in [5, 5.41) is 0. The first-order valence-corrected chi connectivity index (χ1v) is 6.32. The SMILES string of the molecule is CN(C)Cc1cccc(C(C(C)(C)C)C(F)(F)F)c1. The van der Waals surface area contributed by atoms with Crippen molar-refractivity contribution in [2.24, 2.45) is 5.41 Å². The predicted molar refractivity (Wildman–Crippen MR) is 72.1 cm³/mol. The Labute approximate surface area is 113 Å². The third kappa shape index (κ3) is 4.53. The molecule has 1 aromatic rings. The minimum atomic E-state index is -4.23. The molecule has 4 heteroatoms. The van der Waals surface area contributed by atoms with E-state index < -0.39 is 17.5 Å². The van der Waals surface area contributed by atoms with E-state index in [-0.39, 0.29) is 0 Å². The highest BCUT2D eigenvalue weighted by Crippen LogP contribution is 2.46. The Bertz CT molecular complexity index is 402. The smallest absolute Gasteiger partial charge is 0.305 e. The van der Waals surface area contributed by atoms with Gasteiger partial charge in [0.1, 0.15) is 0 Å². The molecule has 0 heterocycles. The van der Waals surface area contributed by atoms with Gasteiger partial charge < -0.3 is 4.90 Å². The van der Waals surface area contributed by atoms with E-state index in [4.69, 9.17) is 0 Å². The van der Waals surface area contributed by atoms with Gasteiger partial charge in [0.2, 0.25) is 0 Å². The number of hydrogen-bond donors (Lipinski definition) is 0. The fraction of sp³-hybridized carbons (Fsp3) is 0.600. The number of rotatable bonds is 3. The van der Waals surface area contributed by atoms with Gasteiger partial charge in [0, 0.05) is 6.54 Å². The maximum atomic E-state index is 13.3. The molecule has 0 aliphatic rings. The van der Waals surface area contributed by atoms with E-state index in [1.165, 1.54) is 0 Å². The van der Waals surface area contributed by atoms with Gasteiger partial charge in [0.15, 0.2) is 0 Å². The van der Waals surface area contributed by atoms with Crippen molar-refractivity contribution < 1.29 is 13.2 Å². The van der Waals surface area contributed by atoms with Crippen LogP contribution in [0, 0.1) is 5.41 Å². The molecule has 0 saturated heterocycles. The summed E-state index contributed by atoms with van der Waals surface area (Å²) in [7, 11) is 3.80. The van der Waals surface area contributed by atoms with Crippen molar-refractivity contribution in [2.45, 2.75) is 39.4 Å². The normalized spacial score (nSPS) is 14.8. The first kappa shape index (κ1) is 16.0. The van der Waals surface area contributed by atoms with Gasteiger partial charge in [-0.05, 0) is 30.6 Å². The van der Waals surface area contributed by atoms with E-state index in [0.29, 0.717) is 12.1 Å². The summed E-state index contributed by atoms with van der Waals surface area (Å²) in [6.45, 7) is 5.53. The third-order valence-corrected chi connectivity index (χ3v) is 2.98. The van der Waals surface area contributed by atoms with E-state index in [1.54, 1.807) is 39.0 Å². The van der Waals surface area contributed by atoms with E-state index in [2.05, 4.69) is 0 Å². The van der Waals surface area contributed by atoms with Crippen LogP contribution in [0.5, 0.6) is 0 Å². The molecule has 1 atom stereocenters. The molecule has 1 nitrogen and oxygen atoms in total. The Morgan fingerprint density at radius 3 is 2.11 bits per heavy atom. The van der Waals surface area contributed by atoms with Crippen LogP contribution in [0.25, 0.3) is 0 Å². The minimum Gasteiger partial charge on any atom is -0.305 e. The van der Waals surface area contributed by atoms with Crippen molar-refractivity contribution in [3.8, 4) is 0 Å². The van der Waals surface area contributed by atoms with E-state index in [1.807, 2.05) is 25.1 Å². The van der Waals surface area contributed by atoms with Crippen molar-refractivity contribution in [3.63, 3.8) is 0 Å². The number of nitrogens with zero attached hydrogens (tertiary/aromatic N) is 1. The van der Waals surface area contributed by atoms with Gasteiger partial charge in [0.25, 0.3) is 0 Å². The molecule has 1 rings (SSSR count).